The number of benzene rings is 1. The number of nitrogens with one attached hydrogen (secondary N) is 1. The van der Waals surface area contributed by atoms with Crippen molar-refractivity contribution in [2.24, 2.45) is 5.92 Å². The highest BCUT2D eigenvalue weighted by molar-refractivity contribution is 5.87. The SMILES string of the molecule is CC(C)COc1ccc(C(C)(C)C(=O)NCC2(O)CCC2)cc1. The lowest BCUT2D eigenvalue weighted by molar-refractivity contribution is -0.128. The standard InChI is InChI=1S/C19H29NO3/c1-14(2)12-23-16-8-6-15(7-9-16)18(3,4)17(21)20-13-19(22)10-5-11-19/h6-9,14,22H,5,10-13H2,1-4H3,(H,20,21). The first kappa shape index (κ1) is 17.8. The Kier molecular flexibility index (Phi) is 5.35. The molecule has 1 aromatic carbocycles. The molecule has 1 amide bonds. The van der Waals surface area contributed by atoms with E-state index in [4.69, 9.17) is 4.74 Å². The van der Waals surface area contributed by atoms with Crippen molar-refractivity contribution in [3.05, 3.63) is 29.8 Å². The number of rotatable bonds is 7. The van der Waals surface area contributed by atoms with E-state index in [1.54, 1.807) is 0 Å². The summed E-state index contributed by atoms with van der Waals surface area (Å²) in [5.41, 5.74) is -0.399. The van der Waals surface area contributed by atoms with Crippen LogP contribution in [0.5, 0.6) is 5.75 Å². The molecular formula is C19H29NO3. The molecule has 0 heterocycles. The maximum atomic E-state index is 12.5. The van der Waals surface area contributed by atoms with E-state index in [0.29, 0.717) is 19.1 Å². The van der Waals surface area contributed by atoms with Gasteiger partial charge in [-0.2, -0.15) is 0 Å². The van der Waals surface area contributed by atoms with Crippen molar-refractivity contribution in [1.82, 2.24) is 5.32 Å². The van der Waals surface area contributed by atoms with Gasteiger partial charge in [0.2, 0.25) is 5.91 Å². The maximum absolute atomic E-state index is 12.5. The number of aliphatic hydroxyl groups is 1. The molecule has 1 aliphatic rings. The predicted molar refractivity (Wildman–Crippen MR) is 91.6 cm³/mol. The van der Waals surface area contributed by atoms with Crippen LogP contribution in [-0.2, 0) is 10.2 Å². The number of carbonyl (C=O) groups excluding carboxylic acids is 1. The van der Waals surface area contributed by atoms with Crippen LogP contribution in [0, 0.1) is 5.92 Å². The van der Waals surface area contributed by atoms with Crippen molar-refractivity contribution in [2.45, 2.75) is 58.0 Å². The molecule has 0 saturated heterocycles. The third-order valence-electron chi connectivity index (χ3n) is 4.59. The molecule has 0 aromatic heterocycles. The minimum Gasteiger partial charge on any atom is -0.493 e. The lowest BCUT2D eigenvalue weighted by atomic mass is 9.79. The fraction of sp³-hybridized carbons (Fsp3) is 0.632. The average molecular weight is 319 g/mol. The molecule has 0 radical (unpaired) electrons. The number of ether oxygens (including phenoxy) is 1. The second kappa shape index (κ2) is 6.91. The summed E-state index contributed by atoms with van der Waals surface area (Å²) in [6.45, 7) is 9.04. The summed E-state index contributed by atoms with van der Waals surface area (Å²) in [5.74, 6) is 1.24. The molecular weight excluding hydrogens is 290 g/mol. The number of hydrogen-bond donors (Lipinski definition) is 2. The lowest BCUT2D eigenvalue weighted by Gasteiger charge is -2.37. The molecule has 2 rings (SSSR count). The van der Waals surface area contributed by atoms with Crippen LogP contribution in [0.25, 0.3) is 0 Å². The highest BCUT2D eigenvalue weighted by Gasteiger charge is 2.37. The Morgan fingerprint density at radius 3 is 2.39 bits per heavy atom. The fourth-order valence-electron chi connectivity index (χ4n) is 2.59. The first-order valence-electron chi connectivity index (χ1n) is 8.47. The Bertz CT molecular complexity index is 530. The highest BCUT2D eigenvalue weighted by atomic mass is 16.5. The van der Waals surface area contributed by atoms with E-state index in [1.807, 2.05) is 38.1 Å². The van der Waals surface area contributed by atoms with E-state index < -0.39 is 11.0 Å². The van der Waals surface area contributed by atoms with Crippen LogP contribution in [-0.4, -0.2) is 29.8 Å². The van der Waals surface area contributed by atoms with Crippen LogP contribution in [0.2, 0.25) is 0 Å². The zero-order valence-corrected chi connectivity index (χ0v) is 14.7. The van der Waals surface area contributed by atoms with Gasteiger partial charge in [0.15, 0.2) is 0 Å². The summed E-state index contributed by atoms with van der Waals surface area (Å²) < 4.78 is 5.68. The van der Waals surface area contributed by atoms with Crippen LogP contribution in [0.4, 0.5) is 0 Å². The molecule has 1 fully saturated rings. The molecule has 0 bridgehead atoms. The van der Waals surface area contributed by atoms with Crippen LogP contribution in [0.1, 0.15) is 52.5 Å². The van der Waals surface area contributed by atoms with Gasteiger partial charge >= 0.3 is 0 Å². The van der Waals surface area contributed by atoms with Gasteiger partial charge in [-0.3, -0.25) is 4.79 Å². The van der Waals surface area contributed by atoms with E-state index >= 15 is 0 Å². The van der Waals surface area contributed by atoms with E-state index in [1.165, 1.54) is 0 Å². The van der Waals surface area contributed by atoms with Crippen molar-refractivity contribution >= 4 is 5.91 Å². The highest BCUT2D eigenvalue weighted by Crippen LogP contribution is 2.31. The third kappa shape index (κ3) is 4.47. The second-order valence-electron chi connectivity index (χ2n) is 7.61. The summed E-state index contributed by atoms with van der Waals surface area (Å²) in [6, 6.07) is 7.69. The Labute approximate surface area is 139 Å². The van der Waals surface area contributed by atoms with Crippen molar-refractivity contribution in [3.8, 4) is 5.75 Å². The molecule has 2 N–H and O–H groups in total. The fourth-order valence-corrected chi connectivity index (χ4v) is 2.59. The van der Waals surface area contributed by atoms with Gasteiger partial charge in [-0.1, -0.05) is 26.0 Å². The van der Waals surface area contributed by atoms with Crippen molar-refractivity contribution in [1.29, 1.82) is 0 Å². The Balaban J connectivity index is 1.95. The van der Waals surface area contributed by atoms with E-state index in [2.05, 4.69) is 19.2 Å². The zero-order valence-electron chi connectivity index (χ0n) is 14.7. The largest absolute Gasteiger partial charge is 0.493 e. The van der Waals surface area contributed by atoms with Gasteiger partial charge < -0.3 is 15.2 Å². The van der Waals surface area contributed by atoms with Gasteiger partial charge in [-0.15, -0.1) is 0 Å². The molecule has 0 spiro atoms. The van der Waals surface area contributed by atoms with Gasteiger partial charge in [0.1, 0.15) is 5.75 Å². The molecule has 1 aromatic rings. The molecule has 0 unspecified atom stereocenters. The first-order valence-corrected chi connectivity index (χ1v) is 8.47. The van der Waals surface area contributed by atoms with E-state index in [0.717, 1.165) is 30.6 Å². The molecule has 4 heteroatoms. The summed E-state index contributed by atoms with van der Waals surface area (Å²) in [5, 5.41) is 13.0. The second-order valence-corrected chi connectivity index (χ2v) is 7.61. The van der Waals surface area contributed by atoms with Crippen molar-refractivity contribution < 1.29 is 14.6 Å². The van der Waals surface area contributed by atoms with E-state index in [9.17, 15) is 9.90 Å². The minimum absolute atomic E-state index is 0.0614. The monoisotopic (exact) mass is 319 g/mol. The summed E-state index contributed by atoms with van der Waals surface area (Å²) in [7, 11) is 0. The normalized spacial score (nSPS) is 16.8. The molecule has 1 aliphatic carbocycles. The Hall–Kier alpha value is -1.55. The van der Waals surface area contributed by atoms with Gasteiger partial charge in [-0.05, 0) is 56.7 Å². The molecule has 1 saturated carbocycles. The van der Waals surface area contributed by atoms with E-state index in [-0.39, 0.29) is 5.91 Å². The van der Waals surface area contributed by atoms with Gasteiger partial charge in [0.25, 0.3) is 0 Å². The average Bonchev–Trinajstić information content (AvgIpc) is 2.49. The van der Waals surface area contributed by atoms with Gasteiger partial charge in [-0.25, -0.2) is 0 Å². The summed E-state index contributed by atoms with van der Waals surface area (Å²) in [4.78, 5) is 12.5. The van der Waals surface area contributed by atoms with Gasteiger partial charge in [0.05, 0.1) is 17.6 Å². The number of amides is 1. The minimum atomic E-state index is -0.694. The first-order chi connectivity index (χ1) is 10.7. The molecule has 4 nitrogen and oxygen atoms in total. The predicted octanol–water partition coefficient (Wildman–Crippen LogP) is 3.03. The Morgan fingerprint density at radius 2 is 1.91 bits per heavy atom. The van der Waals surface area contributed by atoms with Crippen LogP contribution in [0.15, 0.2) is 24.3 Å². The number of hydrogen-bond acceptors (Lipinski definition) is 3. The molecule has 0 aliphatic heterocycles. The van der Waals surface area contributed by atoms with Crippen molar-refractivity contribution in [2.75, 3.05) is 13.2 Å². The smallest absolute Gasteiger partial charge is 0.230 e. The van der Waals surface area contributed by atoms with Crippen LogP contribution >= 0.6 is 0 Å². The zero-order chi connectivity index (χ0) is 17.1. The number of carbonyl (C=O) groups is 1. The topological polar surface area (TPSA) is 58.6 Å². The maximum Gasteiger partial charge on any atom is 0.230 e. The van der Waals surface area contributed by atoms with Crippen LogP contribution in [0.3, 0.4) is 0 Å². The summed E-state index contributed by atoms with van der Waals surface area (Å²) >= 11 is 0. The summed E-state index contributed by atoms with van der Waals surface area (Å²) in [6.07, 6.45) is 2.58. The molecule has 23 heavy (non-hydrogen) atoms. The Morgan fingerprint density at radius 1 is 1.30 bits per heavy atom. The quantitative estimate of drug-likeness (QED) is 0.812. The third-order valence-corrected chi connectivity index (χ3v) is 4.59. The lowest BCUT2D eigenvalue weighted by Crippen LogP contribution is -2.51. The van der Waals surface area contributed by atoms with Crippen LogP contribution < -0.4 is 10.1 Å². The molecule has 128 valence electrons. The van der Waals surface area contributed by atoms with Crippen molar-refractivity contribution in [3.63, 3.8) is 0 Å². The van der Waals surface area contributed by atoms with Gasteiger partial charge in [0, 0.05) is 6.54 Å². The molecule has 0 atom stereocenters.